The van der Waals surface area contributed by atoms with Crippen LogP contribution in [-0.4, -0.2) is 44.1 Å². The molecule has 0 spiro atoms. The number of halogens is 1. The molecule has 2 saturated heterocycles. The minimum atomic E-state index is -0.637. The second-order valence-electron chi connectivity index (χ2n) is 7.25. The third-order valence-corrected chi connectivity index (χ3v) is 5.87. The van der Waals surface area contributed by atoms with Crippen molar-refractivity contribution in [1.82, 2.24) is 20.2 Å². The first-order valence-corrected chi connectivity index (χ1v) is 8.97. The number of hydrogen-bond donors (Lipinski definition) is 3. The molecule has 3 heterocycles. The molecule has 7 nitrogen and oxygen atoms in total. The predicted octanol–water partition coefficient (Wildman–Crippen LogP) is 2.04. The Hall–Kier alpha value is -2.74. The summed E-state index contributed by atoms with van der Waals surface area (Å²) in [5.41, 5.74) is 0.0511. The minimum absolute atomic E-state index is 0.145. The number of amides is 1. The van der Waals surface area contributed by atoms with Crippen molar-refractivity contribution < 1.29 is 19.4 Å². The highest BCUT2D eigenvalue weighted by Crippen LogP contribution is 2.51. The average molecular weight is 372 g/mol. The fourth-order valence-corrected chi connectivity index (χ4v) is 4.23. The summed E-state index contributed by atoms with van der Waals surface area (Å²) in [5, 5.41) is 22.8. The molecule has 0 aliphatic carbocycles. The number of nitrogens with zero attached hydrogens (tertiary/aromatic N) is 3. The molecule has 0 saturated carbocycles. The second kappa shape index (κ2) is 6.45. The summed E-state index contributed by atoms with van der Waals surface area (Å²) in [5.74, 6) is -1.84. The van der Waals surface area contributed by atoms with Gasteiger partial charge in [-0.1, -0.05) is 12.1 Å². The van der Waals surface area contributed by atoms with Gasteiger partial charge in [-0.25, -0.2) is 9.37 Å². The van der Waals surface area contributed by atoms with E-state index in [1.807, 2.05) is 7.05 Å². The Labute approximate surface area is 155 Å². The lowest BCUT2D eigenvalue weighted by Gasteiger charge is -2.30. The van der Waals surface area contributed by atoms with Crippen molar-refractivity contribution in [2.45, 2.75) is 43.8 Å². The summed E-state index contributed by atoms with van der Waals surface area (Å²) in [6, 6.07) is 6.19. The topological polar surface area (TPSA) is 98.6 Å². The van der Waals surface area contributed by atoms with Crippen molar-refractivity contribution >= 4 is 5.91 Å². The van der Waals surface area contributed by atoms with Gasteiger partial charge in [0.25, 0.3) is 11.8 Å². The van der Waals surface area contributed by atoms with Gasteiger partial charge in [0.05, 0.1) is 5.54 Å². The molecule has 0 atom stereocenters. The van der Waals surface area contributed by atoms with Crippen LogP contribution in [0.25, 0.3) is 0 Å². The van der Waals surface area contributed by atoms with Gasteiger partial charge in [0.2, 0.25) is 5.75 Å². The van der Waals surface area contributed by atoms with Gasteiger partial charge >= 0.3 is 0 Å². The van der Waals surface area contributed by atoms with Crippen LogP contribution in [0.4, 0.5) is 4.39 Å². The van der Waals surface area contributed by atoms with Gasteiger partial charge in [-0.2, -0.15) is 4.98 Å². The first kappa shape index (κ1) is 17.7. The van der Waals surface area contributed by atoms with Crippen LogP contribution >= 0.6 is 0 Å². The molecule has 1 aromatic heterocycles. The molecule has 3 N–H and O–H groups in total. The smallest absolute Gasteiger partial charge is 0.274 e. The van der Waals surface area contributed by atoms with E-state index in [0.29, 0.717) is 17.4 Å². The maximum atomic E-state index is 13.0. The summed E-state index contributed by atoms with van der Waals surface area (Å²) < 4.78 is 13.0. The van der Waals surface area contributed by atoms with Crippen molar-refractivity contribution in [3.05, 3.63) is 47.2 Å². The Bertz CT molecular complexity index is 879. The van der Waals surface area contributed by atoms with E-state index in [1.54, 1.807) is 12.1 Å². The Morgan fingerprint density at radius 2 is 1.93 bits per heavy atom. The van der Waals surface area contributed by atoms with Gasteiger partial charge in [0.15, 0.2) is 11.5 Å². The van der Waals surface area contributed by atoms with E-state index < -0.39 is 23.1 Å². The Morgan fingerprint density at radius 1 is 1.26 bits per heavy atom. The quantitative estimate of drug-likeness (QED) is 0.760. The monoisotopic (exact) mass is 372 g/mol. The lowest BCUT2D eigenvalue weighted by molar-refractivity contribution is 0.0939. The number of aromatic nitrogens is 2. The van der Waals surface area contributed by atoms with E-state index in [2.05, 4.69) is 20.2 Å². The van der Waals surface area contributed by atoms with Crippen molar-refractivity contribution in [3.8, 4) is 11.6 Å². The van der Waals surface area contributed by atoms with Crippen molar-refractivity contribution in [2.24, 2.45) is 0 Å². The van der Waals surface area contributed by atoms with E-state index >= 15 is 0 Å². The van der Waals surface area contributed by atoms with Crippen LogP contribution in [0, 0.1) is 5.82 Å². The lowest BCUT2D eigenvalue weighted by atomic mass is 9.87. The molecule has 1 amide bonds. The number of carbonyl (C=O) groups is 1. The van der Waals surface area contributed by atoms with Crippen LogP contribution < -0.4 is 5.32 Å². The summed E-state index contributed by atoms with van der Waals surface area (Å²) in [7, 11) is 2.01. The minimum Gasteiger partial charge on any atom is -0.501 e. The third kappa shape index (κ3) is 2.90. The fraction of sp³-hybridized carbons (Fsp3) is 0.421. The van der Waals surface area contributed by atoms with E-state index in [4.69, 9.17) is 0 Å². The number of hydrogen-bond acceptors (Lipinski definition) is 6. The lowest BCUT2D eigenvalue weighted by Crippen LogP contribution is -2.38. The maximum Gasteiger partial charge on any atom is 0.274 e. The third-order valence-electron chi connectivity index (χ3n) is 5.87. The van der Waals surface area contributed by atoms with Gasteiger partial charge in [-0.05, 0) is 50.4 Å². The first-order chi connectivity index (χ1) is 12.9. The number of aromatic hydroxyl groups is 2. The van der Waals surface area contributed by atoms with E-state index in [-0.39, 0.29) is 18.1 Å². The number of rotatable bonds is 4. The molecule has 4 rings (SSSR count). The first-order valence-electron chi connectivity index (χ1n) is 8.97. The zero-order valence-electron chi connectivity index (χ0n) is 14.9. The number of carbonyl (C=O) groups excluding carboxylic acids is 1. The predicted molar refractivity (Wildman–Crippen MR) is 94.6 cm³/mol. The summed E-state index contributed by atoms with van der Waals surface area (Å²) in [6.07, 6.45) is 3.76. The van der Waals surface area contributed by atoms with Crippen molar-refractivity contribution in [1.29, 1.82) is 0 Å². The zero-order chi connectivity index (χ0) is 19.2. The average Bonchev–Trinajstić information content (AvgIpc) is 3.16. The van der Waals surface area contributed by atoms with E-state index in [1.165, 1.54) is 12.1 Å². The molecule has 2 fully saturated rings. The number of benzene rings is 1. The highest BCUT2D eigenvalue weighted by molar-refractivity contribution is 5.95. The van der Waals surface area contributed by atoms with Gasteiger partial charge in [0, 0.05) is 12.6 Å². The zero-order valence-corrected chi connectivity index (χ0v) is 14.9. The van der Waals surface area contributed by atoms with Crippen LogP contribution in [0.2, 0.25) is 0 Å². The summed E-state index contributed by atoms with van der Waals surface area (Å²) in [6.45, 7) is 0.145. The summed E-state index contributed by atoms with van der Waals surface area (Å²) >= 11 is 0. The van der Waals surface area contributed by atoms with Crippen LogP contribution in [0.3, 0.4) is 0 Å². The highest BCUT2D eigenvalue weighted by atomic mass is 19.1. The maximum absolute atomic E-state index is 13.0. The van der Waals surface area contributed by atoms with Crippen molar-refractivity contribution in [3.63, 3.8) is 0 Å². The van der Waals surface area contributed by atoms with Gasteiger partial charge in [0.1, 0.15) is 5.82 Å². The molecule has 8 heteroatoms. The normalized spacial score (nSPS) is 24.3. The Balaban J connectivity index is 1.59. The van der Waals surface area contributed by atoms with Crippen LogP contribution in [-0.2, 0) is 12.1 Å². The Kier molecular flexibility index (Phi) is 4.22. The fourth-order valence-electron chi connectivity index (χ4n) is 4.23. The molecular weight excluding hydrogens is 351 g/mol. The second-order valence-corrected chi connectivity index (χ2v) is 7.25. The van der Waals surface area contributed by atoms with Crippen LogP contribution in [0.1, 0.15) is 47.6 Å². The van der Waals surface area contributed by atoms with Crippen LogP contribution in [0.5, 0.6) is 11.6 Å². The molecule has 0 unspecified atom stereocenters. The largest absolute Gasteiger partial charge is 0.501 e. The molecular formula is C19H21FN4O3. The standard InChI is InChI=1S/C19H21FN4O3/c1-24-13-6-8-19(24,9-7-13)18-22-14(15(25)17(27)23-18)16(26)21-10-11-2-4-12(20)5-3-11/h2-5,13,25H,6-10H2,1H3,(H,21,26)(H,22,23,27). The Morgan fingerprint density at radius 3 is 2.52 bits per heavy atom. The molecule has 2 aliphatic heterocycles. The van der Waals surface area contributed by atoms with Gasteiger partial charge in [-0.15, -0.1) is 0 Å². The molecule has 0 radical (unpaired) electrons. The van der Waals surface area contributed by atoms with E-state index in [0.717, 1.165) is 25.7 Å². The summed E-state index contributed by atoms with van der Waals surface area (Å²) in [4.78, 5) is 23.2. The van der Waals surface area contributed by atoms with Gasteiger partial charge < -0.3 is 15.5 Å². The van der Waals surface area contributed by atoms with Crippen molar-refractivity contribution in [2.75, 3.05) is 7.05 Å². The molecule has 142 valence electrons. The number of fused-ring (bicyclic) bond motifs is 2. The number of nitrogens with one attached hydrogen (secondary N) is 1. The molecule has 1 aromatic carbocycles. The highest BCUT2D eigenvalue weighted by Gasteiger charge is 2.53. The molecule has 27 heavy (non-hydrogen) atoms. The molecule has 2 bridgehead atoms. The van der Waals surface area contributed by atoms with Crippen LogP contribution in [0.15, 0.2) is 24.3 Å². The van der Waals surface area contributed by atoms with E-state index in [9.17, 15) is 19.4 Å². The SMILES string of the molecule is CN1C2CCC1(c1nc(O)c(O)c(C(=O)NCc3ccc(F)cc3)n1)CC2. The molecule has 2 aliphatic rings. The molecule has 2 aromatic rings. The van der Waals surface area contributed by atoms with Gasteiger partial charge in [-0.3, -0.25) is 9.69 Å².